The van der Waals surface area contributed by atoms with Crippen LogP contribution < -0.4 is 5.32 Å². The maximum Gasteiger partial charge on any atom is 0.223 e. The van der Waals surface area contributed by atoms with Crippen LogP contribution in [0.3, 0.4) is 0 Å². The minimum Gasteiger partial charge on any atom is -0.388 e. The van der Waals surface area contributed by atoms with Crippen molar-refractivity contribution < 1.29 is 14.6 Å². The second-order valence-corrected chi connectivity index (χ2v) is 6.62. The smallest absolute Gasteiger partial charge is 0.223 e. The Balaban J connectivity index is 1.76. The van der Waals surface area contributed by atoms with Crippen molar-refractivity contribution >= 4 is 5.91 Å². The van der Waals surface area contributed by atoms with Crippen LogP contribution in [-0.4, -0.2) is 35.9 Å². The van der Waals surface area contributed by atoms with Crippen molar-refractivity contribution in [1.82, 2.24) is 5.32 Å². The molecule has 2 aliphatic carbocycles. The third kappa shape index (κ3) is 3.69. The van der Waals surface area contributed by atoms with E-state index in [0.717, 1.165) is 38.5 Å². The summed E-state index contributed by atoms with van der Waals surface area (Å²) in [4.78, 5) is 12.0. The monoisotopic (exact) mass is 269 g/mol. The van der Waals surface area contributed by atoms with Gasteiger partial charge in [-0.2, -0.15) is 0 Å². The van der Waals surface area contributed by atoms with Crippen LogP contribution in [0.4, 0.5) is 0 Å². The summed E-state index contributed by atoms with van der Waals surface area (Å²) in [6, 6.07) is 0. The molecule has 0 aromatic carbocycles. The summed E-state index contributed by atoms with van der Waals surface area (Å²) in [5.74, 6) is 0.556. The Morgan fingerprint density at radius 2 is 2.11 bits per heavy atom. The minimum atomic E-state index is -0.701. The lowest BCUT2D eigenvalue weighted by Gasteiger charge is -2.40. The Bertz CT molecular complexity index is 322. The van der Waals surface area contributed by atoms with Gasteiger partial charge in [-0.1, -0.05) is 19.8 Å². The summed E-state index contributed by atoms with van der Waals surface area (Å²) in [5, 5.41) is 13.4. The highest BCUT2D eigenvalue weighted by molar-refractivity contribution is 5.77. The molecule has 2 saturated carbocycles. The molecule has 4 nitrogen and oxygen atoms in total. The van der Waals surface area contributed by atoms with Crippen molar-refractivity contribution in [3.63, 3.8) is 0 Å². The molecular formula is C15H27NO3. The van der Waals surface area contributed by atoms with Gasteiger partial charge in [0.15, 0.2) is 0 Å². The van der Waals surface area contributed by atoms with Crippen LogP contribution in [0.2, 0.25) is 0 Å². The van der Waals surface area contributed by atoms with Crippen molar-refractivity contribution in [3.05, 3.63) is 0 Å². The standard InChI is InChI=1S/C15H27NO3/c1-12-5-3-6-14(18,9-12)11-16-13(17)10-15(19-2)7-4-8-15/h12,18H,3-11H2,1-2H3,(H,16,17). The molecule has 2 fully saturated rings. The number of carbonyl (C=O) groups is 1. The fourth-order valence-corrected chi connectivity index (χ4v) is 3.44. The van der Waals surface area contributed by atoms with Gasteiger partial charge in [-0.3, -0.25) is 4.79 Å². The Morgan fingerprint density at radius 1 is 1.37 bits per heavy atom. The Kier molecular flexibility index (Phi) is 4.51. The van der Waals surface area contributed by atoms with Crippen molar-refractivity contribution in [2.45, 2.75) is 69.5 Å². The van der Waals surface area contributed by atoms with E-state index in [9.17, 15) is 9.90 Å². The number of hydrogen-bond acceptors (Lipinski definition) is 3. The van der Waals surface area contributed by atoms with E-state index in [1.54, 1.807) is 7.11 Å². The van der Waals surface area contributed by atoms with E-state index < -0.39 is 5.60 Å². The third-order valence-electron chi connectivity index (χ3n) is 4.86. The van der Waals surface area contributed by atoms with Crippen LogP contribution in [0.5, 0.6) is 0 Å². The molecule has 2 N–H and O–H groups in total. The third-order valence-corrected chi connectivity index (χ3v) is 4.86. The number of rotatable bonds is 5. The first-order valence-corrected chi connectivity index (χ1v) is 7.51. The molecule has 0 saturated heterocycles. The topological polar surface area (TPSA) is 58.6 Å². The normalized spacial score (nSPS) is 33.5. The average molecular weight is 269 g/mol. The molecule has 19 heavy (non-hydrogen) atoms. The van der Waals surface area contributed by atoms with E-state index in [0.29, 0.717) is 18.9 Å². The number of amides is 1. The number of aliphatic hydroxyl groups is 1. The Labute approximate surface area is 115 Å². The maximum atomic E-state index is 12.0. The summed E-state index contributed by atoms with van der Waals surface area (Å²) in [5.41, 5.74) is -0.931. The zero-order valence-corrected chi connectivity index (χ0v) is 12.2. The molecular weight excluding hydrogens is 242 g/mol. The molecule has 0 spiro atoms. The van der Waals surface area contributed by atoms with Gasteiger partial charge in [0.05, 0.1) is 17.6 Å². The van der Waals surface area contributed by atoms with Crippen molar-refractivity contribution in [1.29, 1.82) is 0 Å². The van der Waals surface area contributed by atoms with E-state index in [-0.39, 0.29) is 11.5 Å². The average Bonchev–Trinajstić information content (AvgIpc) is 2.31. The molecule has 2 unspecified atom stereocenters. The van der Waals surface area contributed by atoms with Crippen LogP contribution >= 0.6 is 0 Å². The van der Waals surface area contributed by atoms with Gasteiger partial charge in [-0.15, -0.1) is 0 Å². The van der Waals surface area contributed by atoms with Gasteiger partial charge >= 0.3 is 0 Å². The quantitative estimate of drug-likeness (QED) is 0.802. The number of carbonyl (C=O) groups excluding carboxylic acids is 1. The highest BCUT2D eigenvalue weighted by Crippen LogP contribution is 2.38. The first-order valence-electron chi connectivity index (χ1n) is 7.51. The second kappa shape index (κ2) is 5.80. The molecule has 0 heterocycles. The van der Waals surface area contributed by atoms with Gasteiger partial charge in [0.25, 0.3) is 0 Å². The molecule has 2 atom stereocenters. The molecule has 2 aliphatic rings. The van der Waals surface area contributed by atoms with Crippen LogP contribution in [-0.2, 0) is 9.53 Å². The van der Waals surface area contributed by atoms with Crippen molar-refractivity contribution in [3.8, 4) is 0 Å². The molecule has 4 heteroatoms. The van der Waals surface area contributed by atoms with E-state index in [1.807, 2.05) is 0 Å². The summed E-state index contributed by atoms with van der Waals surface area (Å²) in [6.07, 6.45) is 7.34. The number of methoxy groups -OCH3 is 1. The molecule has 2 rings (SSSR count). The zero-order chi connectivity index (χ0) is 13.9. The lowest BCUT2D eigenvalue weighted by atomic mass is 9.77. The van der Waals surface area contributed by atoms with E-state index >= 15 is 0 Å². The number of ether oxygens (including phenoxy) is 1. The fraction of sp³-hybridized carbons (Fsp3) is 0.933. The molecule has 110 valence electrons. The predicted octanol–water partition coefficient (Wildman–Crippen LogP) is 2.00. The van der Waals surface area contributed by atoms with Crippen molar-refractivity contribution in [2.24, 2.45) is 5.92 Å². The molecule has 1 amide bonds. The van der Waals surface area contributed by atoms with Crippen LogP contribution in [0.25, 0.3) is 0 Å². The minimum absolute atomic E-state index is 0.00759. The number of nitrogens with one attached hydrogen (secondary N) is 1. The van der Waals surface area contributed by atoms with Crippen LogP contribution in [0.15, 0.2) is 0 Å². The Morgan fingerprint density at radius 3 is 2.63 bits per heavy atom. The largest absolute Gasteiger partial charge is 0.388 e. The molecule has 0 aliphatic heterocycles. The van der Waals surface area contributed by atoms with Crippen molar-refractivity contribution in [2.75, 3.05) is 13.7 Å². The molecule has 0 bridgehead atoms. The lowest BCUT2D eigenvalue weighted by molar-refractivity contribution is -0.135. The molecule has 0 radical (unpaired) electrons. The lowest BCUT2D eigenvalue weighted by Crippen LogP contribution is -2.49. The van der Waals surface area contributed by atoms with Gasteiger partial charge in [-0.25, -0.2) is 0 Å². The SMILES string of the molecule is COC1(CC(=O)NCC2(O)CCCC(C)C2)CCC1. The van der Waals surface area contributed by atoms with Crippen LogP contribution in [0, 0.1) is 5.92 Å². The summed E-state index contributed by atoms with van der Waals surface area (Å²) in [6.45, 7) is 2.55. The van der Waals surface area contributed by atoms with Gasteiger partial charge in [0.1, 0.15) is 0 Å². The number of hydrogen-bond donors (Lipinski definition) is 2. The highest BCUT2D eigenvalue weighted by Gasteiger charge is 2.39. The summed E-state index contributed by atoms with van der Waals surface area (Å²) >= 11 is 0. The fourth-order valence-electron chi connectivity index (χ4n) is 3.44. The summed E-state index contributed by atoms with van der Waals surface area (Å²) in [7, 11) is 1.68. The molecule has 0 aromatic heterocycles. The van der Waals surface area contributed by atoms with Gasteiger partial charge in [0.2, 0.25) is 5.91 Å². The van der Waals surface area contributed by atoms with E-state index in [4.69, 9.17) is 4.74 Å². The first-order chi connectivity index (χ1) is 8.97. The van der Waals surface area contributed by atoms with Gasteiger partial charge in [0, 0.05) is 13.7 Å². The maximum absolute atomic E-state index is 12.0. The molecule has 0 aromatic rings. The Hall–Kier alpha value is -0.610. The highest BCUT2D eigenvalue weighted by atomic mass is 16.5. The zero-order valence-electron chi connectivity index (χ0n) is 12.2. The van der Waals surface area contributed by atoms with E-state index in [2.05, 4.69) is 12.2 Å². The second-order valence-electron chi connectivity index (χ2n) is 6.62. The van der Waals surface area contributed by atoms with Gasteiger partial charge < -0.3 is 15.2 Å². The van der Waals surface area contributed by atoms with Crippen LogP contribution in [0.1, 0.15) is 58.3 Å². The predicted molar refractivity (Wildman–Crippen MR) is 73.8 cm³/mol. The van der Waals surface area contributed by atoms with Gasteiger partial charge in [-0.05, 0) is 38.0 Å². The first kappa shape index (κ1) is 14.8. The summed E-state index contributed by atoms with van der Waals surface area (Å²) < 4.78 is 5.46. The van der Waals surface area contributed by atoms with E-state index in [1.165, 1.54) is 6.42 Å².